The Labute approximate surface area is 91.3 Å². The molecule has 2 aromatic rings. The molecule has 0 fully saturated rings. The van der Waals surface area contributed by atoms with Crippen molar-refractivity contribution in [1.29, 1.82) is 5.26 Å². The summed E-state index contributed by atoms with van der Waals surface area (Å²) in [6.45, 7) is 2.69. The molecule has 2 rings (SSSR count). The Balaban J connectivity index is 2.94. The van der Waals surface area contributed by atoms with Crippen molar-refractivity contribution in [2.45, 2.75) is 13.5 Å². The van der Waals surface area contributed by atoms with Crippen LogP contribution < -0.4 is 11.3 Å². The molecule has 0 amide bonds. The van der Waals surface area contributed by atoms with Crippen molar-refractivity contribution >= 4 is 11.0 Å². The third-order valence-corrected chi connectivity index (χ3v) is 2.57. The molecule has 3 N–H and O–H groups in total. The van der Waals surface area contributed by atoms with Crippen molar-refractivity contribution in [3.05, 3.63) is 27.9 Å². The van der Waals surface area contributed by atoms with E-state index in [2.05, 4.69) is 16.0 Å². The minimum atomic E-state index is -0.247. The largest absolute Gasteiger partial charge is 0.336 e. The van der Waals surface area contributed by atoms with Crippen molar-refractivity contribution in [1.82, 2.24) is 14.5 Å². The fraction of sp³-hybridized carbons (Fsp3) is 0.300. The highest BCUT2D eigenvalue weighted by atomic mass is 16.1. The van der Waals surface area contributed by atoms with Crippen LogP contribution in [0.25, 0.3) is 11.0 Å². The summed E-state index contributed by atoms with van der Waals surface area (Å²) in [5, 5.41) is 9.04. The molecule has 6 nitrogen and oxygen atoms in total. The van der Waals surface area contributed by atoms with E-state index in [0.29, 0.717) is 29.7 Å². The smallest absolute Gasteiger partial charge is 0.275 e. The number of nitrogens with zero attached hydrogens (tertiary/aromatic N) is 3. The monoisotopic (exact) mass is 217 g/mol. The average Bonchev–Trinajstić information content (AvgIpc) is 2.54. The van der Waals surface area contributed by atoms with Crippen LogP contribution in [0.4, 0.5) is 0 Å². The maximum absolute atomic E-state index is 11.7. The van der Waals surface area contributed by atoms with E-state index in [4.69, 9.17) is 11.0 Å². The molecular formula is C10H11N5O. The molecule has 0 unspecified atom stereocenters. The molecule has 6 heteroatoms. The lowest BCUT2D eigenvalue weighted by Crippen LogP contribution is -2.16. The molecule has 0 aliphatic heterocycles. The first-order valence-corrected chi connectivity index (χ1v) is 4.87. The zero-order valence-corrected chi connectivity index (χ0v) is 8.82. The van der Waals surface area contributed by atoms with Gasteiger partial charge in [0, 0.05) is 18.8 Å². The Morgan fingerprint density at radius 3 is 3.06 bits per heavy atom. The van der Waals surface area contributed by atoms with Gasteiger partial charge in [-0.15, -0.1) is 0 Å². The summed E-state index contributed by atoms with van der Waals surface area (Å²) in [7, 11) is 0. The molecule has 2 aromatic heterocycles. The molecule has 16 heavy (non-hydrogen) atoms. The van der Waals surface area contributed by atoms with E-state index in [1.165, 1.54) is 6.33 Å². The Kier molecular flexibility index (Phi) is 2.46. The van der Waals surface area contributed by atoms with Crippen LogP contribution in [0.2, 0.25) is 0 Å². The highest BCUT2D eigenvalue weighted by Crippen LogP contribution is 2.19. The Morgan fingerprint density at radius 2 is 2.44 bits per heavy atom. The summed E-state index contributed by atoms with van der Waals surface area (Å²) in [6.07, 6.45) is 1.30. The van der Waals surface area contributed by atoms with Crippen LogP contribution in [0.15, 0.2) is 11.1 Å². The second-order valence-corrected chi connectivity index (χ2v) is 3.44. The van der Waals surface area contributed by atoms with Gasteiger partial charge in [0.1, 0.15) is 17.1 Å². The predicted octanol–water partition coefficient (Wildman–Crippen LogP) is -0.137. The zero-order chi connectivity index (χ0) is 11.7. The number of H-pyrrole nitrogens is 1. The molecule has 0 aromatic carbocycles. The maximum atomic E-state index is 11.7. The Hall–Kier alpha value is -2.13. The fourth-order valence-electron chi connectivity index (χ4n) is 1.84. The second kappa shape index (κ2) is 3.79. The van der Waals surface area contributed by atoms with Gasteiger partial charge in [0.25, 0.3) is 5.56 Å². The molecule has 0 bridgehead atoms. The maximum Gasteiger partial charge on any atom is 0.275 e. The minimum absolute atomic E-state index is 0.247. The average molecular weight is 217 g/mol. The SMILES string of the molecule is Cc1c(C#N)c2nc[nH]c(=O)c2n1CCN. The highest BCUT2D eigenvalue weighted by Gasteiger charge is 2.16. The van der Waals surface area contributed by atoms with Crippen LogP contribution in [0.1, 0.15) is 11.3 Å². The number of fused-ring (bicyclic) bond motifs is 1. The number of rotatable bonds is 2. The molecular weight excluding hydrogens is 206 g/mol. The number of hydrogen-bond acceptors (Lipinski definition) is 4. The summed E-state index contributed by atoms with van der Waals surface area (Å²) >= 11 is 0. The molecule has 0 saturated carbocycles. The van der Waals surface area contributed by atoms with Gasteiger partial charge >= 0.3 is 0 Å². The topological polar surface area (TPSA) is 100 Å². The van der Waals surface area contributed by atoms with Crippen LogP contribution in [0, 0.1) is 18.3 Å². The van der Waals surface area contributed by atoms with Gasteiger partial charge in [0.15, 0.2) is 0 Å². The third kappa shape index (κ3) is 1.30. The molecule has 82 valence electrons. The second-order valence-electron chi connectivity index (χ2n) is 3.44. The van der Waals surface area contributed by atoms with Crippen molar-refractivity contribution in [3.63, 3.8) is 0 Å². The van der Waals surface area contributed by atoms with Gasteiger partial charge < -0.3 is 15.3 Å². The Bertz CT molecular complexity index is 631. The molecule has 0 saturated heterocycles. The number of aromatic amines is 1. The standard InChI is InChI=1S/C10H11N5O/c1-6-7(4-12)8-9(15(6)3-2-11)10(16)14-5-13-8/h5H,2-3,11H2,1H3,(H,13,14,16). The molecule has 0 aliphatic carbocycles. The summed E-state index contributed by atoms with van der Waals surface area (Å²) in [5.74, 6) is 0. The van der Waals surface area contributed by atoms with Gasteiger partial charge in [0.2, 0.25) is 0 Å². The van der Waals surface area contributed by atoms with E-state index in [1.54, 1.807) is 11.5 Å². The summed E-state index contributed by atoms with van der Waals surface area (Å²) in [5.41, 5.74) is 7.27. The number of hydrogen-bond donors (Lipinski definition) is 2. The first-order valence-electron chi connectivity index (χ1n) is 4.87. The fourth-order valence-corrected chi connectivity index (χ4v) is 1.84. The van der Waals surface area contributed by atoms with E-state index in [0.717, 1.165) is 5.69 Å². The molecule has 0 aliphatic rings. The van der Waals surface area contributed by atoms with Crippen molar-refractivity contribution < 1.29 is 0 Å². The normalized spacial score (nSPS) is 10.6. The number of nitrogens with one attached hydrogen (secondary N) is 1. The lowest BCUT2D eigenvalue weighted by atomic mass is 10.2. The first kappa shape index (κ1) is 10.4. The molecule has 0 atom stereocenters. The Morgan fingerprint density at radius 1 is 1.69 bits per heavy atom. The quantitative estimate of drug-likeness (QED) is 0.731. The molecule has 0 spiro atoms. The van der Waals surface area contributed by atoms with Gasteiger partial charge in [-0.05, 0) is 6.92 Å². The minimum Gasteiger partial charge on any atom is -0.336 e. The summed E-state index contributed by atoms with van der Waals surface area (Å²) in [4.78, 5) is 18.2. The number of nitriles is 1. The first-order chi connectivity index (χ1) is 7.70. The highest BCUT2D eigenvalue weighted by molar-refractivity contribution is 5.83. The lowest BCUT2D eigenvalue weighted by molar-refractivity contribution is 0.711. The van der Waals surface area contributed by atoms with Crippen molar-refractivity contribution in [3.8, 4) is 6.07 Å². The zero-order valence-electron chi connectivity index (χ0n) is 8.82. The number of nitrogens with two attached hydrogens (primary N) is 1. The molecule has 2 heterocycles. The van der Waals surface area contributed by atoms with Crippen LogP contribution >= 0.6 is 0 Å². The molecule has 0 radical (unpaired) electrons. The van der Waals surface area contributed by atoms with E-state index in [1.807, 2.05) is 0 Å². The van der Waals surface area contributed by atoms with Crippen LogP contribution in [0.3, 0.4) is 0 Å². The van der Waals surface area contributed by atoms with E-state index in [-0.39, 0.29) is 5.56 Å². The summed E-state index contributed by atoms with van der Waals surface area (Å²) < 4.78 is 1.74. The van der Waals surface area contributed by atoms with E-state index in [9.17, 15) is 4.79 Å². The summed E-state index contributed by atoms with van der Waals surface area (Å²) in [6, 6.07) is 2.07. The van der Waals surface area contributed by atoms with Crippen LogP contribution in [0.5, 0.6) is 0 Å². The van der Waals surface area contributed by atoms with Gasteiger partial charge in [-0.2, -0.15) is 5.26 Å². The van der Waals surface area contributed by atoms with Gasteiger partial charge in [-0.1, -0.05) is 0 Å². The van der Waals surface area contributed by atoms with Crippen LogP contribution in [-0.2, 0) is 6.54 Å². The van der Waals surface area contributed by atoms with Gasteiger partial charge in [-0.25, -0.2) is 4.98 Å². The van der Waals surface area contributed by atoms with Crippen molar-refractivity contribution in [2.24, 2.45) is 5.73 Å². The third-order valence-electron chi connectivity index (χ3n) is 2.57. The van der Waals surface area contributed by atoms with Crippen molar-refractivity contribution in [2.75, 3.05) is 6.54 Å². The van der Waals surface area contributed by atoms with Crippen LogP contribution in [-0.4, -0.2) is 21.1 Å². The predicted molar refractivity (Wildman–Crippen MR) is 58.9 cm³/mol. The van der Waals surface area contributed by atoms with E-state index < -0.39 is 0 Å². The lowest BCUT2D eigenvalue weighted by Gasteiger charge is -2.03. The number of aromatic nitrogens is 3. The van der Waals surface area contributed by atoms with Gasteiger partial charge in [-0.3, -0.25) is 4.79 Å². The van der Waals surface area contributed by atoms with Gasteiger partial charge in [0.05, 0.1) is 11.9 Å². The van der Waals surface area contributed by atoms with E-state index >= 15 is 0 Å².